The Labute approximate surface area is 141 Å². The Morgan fingerprint density at radius 2 is 2.17 bits per heavy atom. The van der Waals surface area contributed by atoms with Gasteiger partial charge >= 0.3 is 6.09 Å². The summed E-state index contributed by atoms with van der Waals surface area (Å²) in [6.45, 7) is 5.03. The van der Waals surface area contributed by atoms with Crippen LogP contribution < -0.4 is 15.6 Å². The number of nitrogens with zero attached hydrogens (tertiary/aromatic N) is 1. The van der Waals surface area contributed by atoms with Crippen LogP contribution in [0.3, 0.4) is 0 Å². The third-order valence-electron chi connectivity index (χ3n) is 3.46. The molecule has 0 aliphatic carbocycles. The minimum Gasteiger partial charge on any atom is -0.484 e. The molecule has 1 aliphatic rings. The quantitative estimate of drug-likeness (QED) is 0.775. The lowest BCUT2D eigenvalue weighted by atomic mass is 10.2. The number of aryl methyl sites for hydroxylation is 1. The normalized spacial score (nSPS) is 13.8. The van der Waals surface area contributed by atoms with Crippen molar-refractivity contribution in [2.75, 3.05) is 26.3 Å². The zero-order valence-electron chi connectivity index (χ0n) is 14.0. The molecular weight excluding hydrogens is 310 g/mol. The summed E-state index contributed by atoms with van der Waals surface area (Å²) in [7, 11) is 0. The molecule has 2 rings (SSSR count). The van der Waals surface area contributed by atoms with E-state index in [-0.39, 0.29) is 18.6 Å². The second kappa shape index (κ2) is 8.81. The first-order valence-electron chi connectivity index (χ1n) is 7.93. The third kappa shape index (κ3) is 5.49. The lowest BCUT2D eigenvalue weighted by Gasteiger charge is -2.26. The van der Waals surface area contributed by atoms with Crippen molar-refractivity contribution >= 4 is 12.0 Å². The molecule has 0 unspecified atom stereocenters. The van der Waals surface area contributed by atoms with Gasteiger partial charge in [0.1, 0.15) is 5.75 Å². The van der Waals surface area contributed by atoms with E-state index in [1.54, 1.807) is 17.9 Å². The first kappa shape index (κ1) is 17.7. The van der Waals surface area contributed by atoms with E-state index in [0.717, 1.165) is 11.3 Å². The largest absolute Gasteiger partial charge is 0.484 e. The first-order chi connectivity index (χ1) is 11.6. The van der Waals surface area contributed by atoms with Crippen molar-refractivity contribution in [3.63, 3.8) is 0 Å². The smallest absolute Gasteiger partial charge is 0.410 e. The van der Waals surface area contributed by atoms with Gasteiger partial charge in [0.2, 0.25) is 0 Å². The van der Waals surface area contributed by atoms with E-state index in [4.69, 9.17) is 9.47 Å². The van der Waals surface area contributed by atoms with Crippen molar-refractivity contribution in [1.82, 2.24) is 15.8 Å². The van der Waals surface area contributed by atoms with E-state index < -0.39 is 0 Å². The van der Waals surface area contributed by atoms with Crippen LogP contribution in [-0.2, 0) is 9.53 Å². The first-order valence-corrected chi connectivity index (χ1v) is 7.93. The maximum atomic E-state index is 11.8. The van der Waals surface area contributed by atoms with Crippen LogP contribution in [0.1, 0.15) is 18.9 Å². The van der Waals surface area contributed by atoms with E-state index >= 15 is 0 Å². The summed E-state index contributed by atoms with van der Waals surface area (Å²) >= 11 is 0. The third-order valence-corrected chi connectivity index (χ3v) is 3.46. The van der Waals surface area contributed by atoms with Crippen molar-refractivity contribution in [1.29, 1.82) is 0 Å². The van der Waals surface area contributed by atoms with Crippen LogP contribution in [0.15, 0.2) is 36.0 Å². The van der Waals surface area contributed by atoms with Gasteiger partial charge in [0, 0.05) is 25.2 Å². The molecule has 1 aromatic rings. The number of rotatable bonds is 6. The second-order valence-electron chi connectivity index (χ2n) is 5.40. The van der Waals surface area contributed by atoms with E-state index in [9.17, 15) is 9.59 Å². The second-order valence-corrected chi connectivity index (χ2v) is 5.40. The predicted molar refractivity (Wildman–Crippen MR) is 89.2 cm³/mol. The Bertz CT molecular complexity index is 616. The maximum Gasteiger partial charge on any atom is 0.410 e. The molecule has 0 saturated carbocycles. The Kier molecular flexibility index (Phi) is 6.48. The van der Waals surface area contributed by atoms with Crippen LogP contribution in [0, 0.1) is 6.92 Å². The molecule has 2 amide bonds. The fourth-order valence-electron chi connectivity index (χ4n) is 2.20. The van der Waals surface area contributed by atoms with Gasteiger partial charge in [0.05, 0.1) is 6.61 Å². The number of hydrogen-bond donors (Lipinski definition) is 2. The highest BCUT2D eigenvalue weighted by atomic mass is 16.6. The molecule has 7 heteroatoms. The van der Waals surface area contributed by atoms with Gasteiger partial charge in [0.25, 0.3) is 5.91 Å². The highest BCUT2D eigenvalue weighted by molar-refractivity contribution is 5.77. The molecule has 7 nitrogen and oxygen atoms in total. The Hall–Kier alpha value is -2.70. The maximum absolute atomic E-state index is 11.8. The minimum absolute atomic E-state index is 0.0707. The topological polar surface area (TPSA) is 79.9 Å². The molecule has 0 spiro atoms. The number of hydrogen-bond acceptors (Lipinski definition) is 5. The number of benzene rings is 1. The molecule has 130 valence electrons. The van der Waals surface area contributed by atoms with Gasteiger partial charge in [-0.05, 0) is 37.6 Å². The van der Waals surface area contributed by atoms with Crippen molar-refractivity contribution in [3.8, 4) is 5.75 Å². The lowest BCUT2D eigenvalue weighted by Crippen LogP contribution is -2.43. The number of hydrazine groups is 1. The van der Waals surface area contributed by atoms with Crippen molar-refractivity contribution in [2.45, 2.75) is 20.3 Å². The molecule has 0 aromatic heterocycles. The molecule has 1 aliphatic heterocycles. The summed E-state index contributed by atoms with van der Waals surface area (Å²) in [5, 5.41) is 0. The number of nitrogens with one attached hydrogen (secondary N) is 2. The standard InChI is InChI=1S/C17H23N3O4/c1-3-23-17(22)20-9-7-14(8-10-20)18-19-16(21)12-24-15-6-4-5-13(2)11-15/h4-7,11,18H,3,8-10,12H2,1-2H3,(H,19,21). The Balaban J connectivity index is 1.70. The van der Waals surface area contributed by atoms with Crippen LogP contribution >= 0.6 is 0 Å². The van der Waals surface area contributed by atoms with E-state index in [2.05, 4.69) is 10.9 Å². The predicted octanol–water partition coefficient (Wildman–Crippen LogP) is 1.74. The summed E-state index contributed by atoms with van der Waals surface area (Å²) in [6.07, 6.45) is 2.16. The summed E-state index contributed by atoms with van der Waals surface area (Å²) in [4.78, 5) is 25.0. The Morgan fingerprint density at radius 3 is 2.83 bits per heavy atom. The van der Waals surface area contributed by atoms with Crippen LogP contribution in [0.4, 0.5) is 4.79 Å². The lowest BCUT2D eigenvalue weighted by molar-refractivity contribution is -0.123. The SMILES string of the molecule is CCOC(=O)N1CC=C(NNC(=O)COc2cccc(C)c2)CC1. The van der Waals surface area contributed by atoms with Gasteiger partial charge in [-0.15, -0.1) is 0 Å². The van der Waals surface area contributed by atoms with Gasteiger partial charge in [-0.25, -0.2) is 4.79 Å². The number of carbonyl (C=O) groups excluding carboxylic acids is 2. The van der Waals surface area contributed by atoms with Gasteiger partial charge in [-0.2, -0.15) is 0 Å². The molecule has 0 fully saturated rings. The summed E-state index contributed by atoms with van der Waals surface area (Å²) in [5.74, 6) is 0.386. The minimum atomic E-state index is -0.316. The molecule has 0 saturated heterocycles. The van der Waals surface area contributed by atoms with Gasteiger partial charge < -0.3 is 19.8 Å². The molecule has 1 aromatic carbocycles. The van der Waals surface area contributed by atoms with E-state index in [1.807, 2.05) is 31.2 Å². The monoisotopic (exact) mass is 333 g/mol. The summed E-state index contributed by atoms with van der Waals surface area (Å²) in [5.41, 5.74) is 7.39. The Morgan fingerprint density at radius 1 is 1.33 bits per heavy atom. The molecule has 2 N–H and O–H groups in total. The van der Waals surface area contributed by atoms with Gasteiger partial charge in [-0.3, -0.25) is 10.2 Å². The molecule has 0 atom stereocenters. The van der Waals surface area contributed by atoms with Crippen LogP contribution in [0.5, 0.6) is 5.75 Å². The van der Waals surface area contributed by atoms with Gasteiger partial charge in [-0.1, -0.05) is 12.1 Å². The number of amides is 2. The zero-order chi connectivity index (χ0) is 17.4. The van der Waals surface area contributed by atoms with Crippen LogP contribution in [0.2, 0.25) is 0 Å². The van der Waals surface area contributed by atoms with E-state index in [1.165, 1.54) is 0 Å². The fourth-order valence-corrected chi connectivity index (χ4v) is 2.20. The molecule has 0 bridgehead atoms. The molecular formula is C17H23N3O4. The number of carbonyl (C=O) groups is 2. The number of ether oxygens (including phenoxy) is 2. The molecule has 1 heterocycles. The highest BCUT2D eigenvalue weighted by Crippen LogP contribution is 2.12. The summed E-state index contributed by atoms with van der Waals surface area (Å²) < 4.78 is 10.4. The van der Waals surface area contributed by atoms with Crippen molar-refractivity contribution in [3.05, 3.63) is 41.6 Å². The zero-order valence-corrected chi connectivity index (χ0v) is 14.0. The molecule has 24 heavy (non-hydrogen) atoms. The summed E-state index contributed by atoms with van der Waals surface area (Å²) in [6, 6.07) is 7.52. The van der Waals surface area contributed by atoms with Crippen molar-refractivity contribution in [2.24, 2.45) is 0 Å². The average molecular weight is 333 g/mol. The van der Waals surface area contributed by atoms with Crippen molar-refractivity contribution < 1.29 is 19.1 Å². The van der Waals surface area contributed by atoms with Crippen LogP contribution in [0.25, 0.3) is 0 Å². The highest BCUT2D eigenvalue weighted by Gasteiger charge is 2.18. The van der Waals surface area contributed by atoms with Gasteiger partial charge in [0.15, 0.2) is 6.61 Å². The van der Waals surface area contributed by atoms with Crippen LogP contribution in [-0.4, -0.2) is 43.2 Å². The van der Waals surface area contributed by atoms with E-state index in [0.29, 0.717) is 31.9 Å². The fraction of sp³-hybridized carbons (Fsp3) is 0.412. The molecule has 0 radical (unpaired) electrons. The average Bonchev–Trinajstić information content (AvgIpc) is 2.59.